The van der Waals surface area contributed by atoms with Gasteiger partial charge in [0, 0.05) is 25.0 Å². The summed E-state index contributed by atoms with van der Waals surface area (Å²) in [5.74, 6) is 1.33. The standard InChI is InChI=1S/C22H33NO2.C2H4O2/c1-13-11-19-17-6-5-15-12-16(25)7-9-21(15,3)18(17)8-10-22(19,4)20(13)23-14(2)24;1-2(3)4/h5,16-19,25H,6-12H2,1-4H3,(H,23,24);1H3,(H,3,4)/t16-,17+,18-,19-,21-,22-;/m0./s1. The van der Waals surface area contributed by atoms with Crippen molar-refractivity contribution >= 4 is 11.9 Å². The molecule has 4 rings (SSSR count). The zero-order valence-electron chi connectivity index (χ0n) is 18.5. The molecule has 5 heteroatoms. The van der Waals surface area contributed by atoms with Crippen LogP contribution < -0.4 is 5.32 Å². The van der Waals surface area contributed by atoms with Gasteiger partial charge in [0.15, 0.2) is 0 Å². The van der Waals surface area contributed by atoms with E-state index in [0.29, 0.717) is 11.8 Å². The lowest BCUT2D eigenvalue weighted by Gasteiger charge is -2.57. The highest BCUT2D eigenvalue weighted by Crippen LogP contribution is 2.65. The highest BCUT2D eigenvalue weighted by atomic mass is 16.4. The fourth-order valence-electron chi connectivity index (χ4n) is 6.99. The van der Waals surface area contributed by atoms with Crippen LogP contribution >= 0.6 is 0 Å². The van der Waals surface area contributed by atoms with Crippen LogP contribution in [-0.2, 0) is 9.59 Å². The van der Waals surface area contributed by atoms with Crippen molar-refractivity contribution in [1.82, 2.24) is 5.32 Å². The van der Waals surface area contributed by atoms with E-state index in [9.17, 15) is 9.90 Å². The Kier molecular flexibility index (Phi) is 6.01. The fraction of sp³-hybridized carbons (Fsp3) is 0.750. The third-order valence-electron chi connectivity index (χ3n) is 8.29. The molecule has 29 heavy (non-hydrogen) atoms. The average Bonchev–Trinajstić information content (AvgIpc) is 2.86. The van der Waals surface area contributed by atoms with Crippen LogP contribution in [0.5, 0.6) is 0 Å². The molecule has 4 aliphatic rings. The summed E-state index contributed by atoms with van der Waals surface area (Å²) in [5.41, 5.74) is 4.56. The van der Waals surface area contributed by atoms with Crippen molar-refractivity contribution in [2.24, 2.45) is 28.6 Å². The van der Waals surface area contributed by atoms with E-state index in [0.717, 1.165) is 44.9 Å². The van der Waals surface area contributed by atoms with Crippen LogP contribution in [-0.4, -0.2) is 28.2 Å². The summed E-state index contributed by atoms with van der Waals surface area (Å²) in [6.07, 6.45) is 10.0. The molecule has 0 aromatic heterocycles. The molecule has 0 aliphatic heterocycles. The molecule has 0 radical (unpaired) electrons. The summed E-state index contributed by atoms with van der Waals surface area (Å²) in [6.45, 7) is 9.79. The number of hydrogen-bond acceptors (Lipinski definition) is 3. The monoisotopic (exact) mass is 403 g/mol. The zero-order valence-corrected chi connectivity index (χ0v) is 18.5. The minimum absolute atomic E-state index is 0.0670. The van der Waals surface area contributed by atoms with Gasteiger partial charge < -0.3 is 15.5 Å². The maximum absolute atomic E-state index is 11.7. The van der Waals surface area contributed by atoms with Gasteiger partial charge in [-0.15, -0.1) is 0 Å². The molecule has 162 valence electrons. The number of aliphatic hydroxyl groups excluding tert-OH is 1. The second kappa shape index (κ2) is 7.90. The summed E-state index contributed by atoms with van der Waals surface area (Å²) in [4.78, 5) is 20.7. The van der Waals surface area contributed by atoms with Gasteiger partial charge in [-0.1, -0.05) is 31.1 Å². The first-order valence-corrected chi connectivity index (χ1v) is 11.0. The Morgan fingerprint density at radius 2 is 1.69 bits per heavy atom. The van der Waals surface area contributed by atoms with Crippen LogP contribution in [0.25, 0.3) is 0 Å². The molecule has 3 N–H and O–H groups in total. The third-order valence-corrected chi connectivity index (χ3v) is 8.29. The van der Waals surface area contributed by atoms with E-state index in [1.165, 1.54) is 29.7 Å². The number of allylic oxidation sites excluding steroid dienone is 3. The van der Waals surface area contributed by atoms with Gasteiger partial charge in [0.1, 0.15) is 0 Å². The summed E-state index contributed by atoms with van der Waals surface area (Å²) in [6, 6.07) is 0. The van der Waals surface area contributed by atoms with Crippen molar-refractivity contribution in [3.05, 3.63) is 22.9 Å². The normalized spacial score (nSPS) is 40.6. The van der Waals surface area contributed by atoms with E-state index >= 15 is 0 Å². The Labute approximate surface area is 174 Å². The van der Waals surface area contributed by atoms with Crippen molar-refractivity contribution in [2.45, 2.75) is 85.7 Å². The highest BCUT2D eigenvalue weighted by molar-refractivity contribution is 5.75. The number of carbonyl (C=O) groups is 2. The SMILES string of the molecule is CC(=O)NC1=C(C)C[C@H]2[C@@H]3CC=C4C[C@@H](O)CC[C@]4(C)[C@H]3CC[C@]12C.CC(=O)O. The zero-order chi connectivity index (χ0) is 21.6. The van der Waals surface area contributed by atoms with Gasteiger partial charge in [0.25, 0.3) is 5.97 Å². The van der Waals surface area contributed by atoms with Crippen molar-refractivity contribution in [1.29, 1.82) is 0 Å². The summed E-state index contributed by atoms with van der Waals surface area (Å²) in [7, 11) is 0. The van der Waals surface area contributed by atoms with Gasteiger partial charge in [-0.25, -0.2) is 0 Å². The van der Waals surface area contributed by atoms with E-state index in [2.05, 4.69) is 32.2 Å². The number of aliphatic carboxylic acids is 1. The molecular weight excluding hydrogens is 366 g/mol. The predicted molar refractivity (Wildman–Crippen MR) is 113 cm³/mol. The second-order valence-corrected chi connectivity index (χ2v) is 10.2. The van der Waals surface area contributed by atoms with E-state index in [-0.39, 0.29) is 22.8 Å². The summed E-state index contributed by atoms with van der Waals surface area (Å²) >= 11 is 0. The van der Waals surface area contributed by atoms with Crippen molar-refractivity contribution in [3.8, 4) is 0 Å². The second-order valence-electron chi connectivity index (χ2n) is 10.2. The maximum Gasteiger partial charge on any atom is 0.300 e. The number of aliphatic hydroxyl groups is 1. The van der Waals surface area contributed by atoms with Crippen molar-refractivity contribution in [3.63, 3.8) is 0 Å². The smallest absolute Gasteiger partial charge is 0.300 e. The van der Waals surface area contributed by atoms with Crippen LogP contribution in [0.1, 0.15) is 79.6 Å². The first-order chi connectivity index (χ1) is 13.5. The molecule has 2 saturated carbocycles. The quantitative estimate of drug-likeness (QED) is 0.566. The number of amides is 1. The van der Waals surface area contributed by atoms with Gasteiger partial charge in [0.2, 0.25) is 5.91 Å². The van der Waals surface area contributed by atoms with Crippen molar-refractivity contribution < 1.29 is 19.8 Å². The maximum atomic E-state index is 11.7. The summed E-state index contributed by atoms with van der Waals surface area (Å²) in [5, 5.41) is 20.7. The summed E-state index contributed by atoms with van der Waals surface area (Å²) < 4.78 is 0. The van der Waals surface area contributed by atoms with Crippen LogP contribution in [0.15, 0.2) is 22.9 Å². The Hall–Kier alpha value is -1.62. The Morgan fingerprint density at radius 1 is 1.07 bits per heavy atom. The van der Waals surface area contributed by atoms with Crippen LogP contribution in [0.3, 0.4) is 0 Å². The number of carboxylic acid groups (broad SMARTS) is 1. The molecule has 0 unspecified atom stereocenters. The molecule has 0 aromatic rings. The van der Waals surface area contributed by atoms with E-state index in [4.69, 9.17) is 9.90 Å². The van der Waals surface area contributed by atoms with Gasteiger partial charge >= 0.3 is 0 Å². The molecule has 0 heterocycles. The van der Waals surface area contributed by atoms with E-state index in [1.807, 2.05) is 0 Å². The Balaban J connectivity index is 0.000000552. The van der Waals surface area contributed by atoms with Crippen molar-refractivity contribution in [2.75, 3.05) is 0 Å². The molecule has 6 atom stereocenters. The molecule has 2 fully saturated rings. The molecule has 0 bridgehead atoms. The number of carboxylic acids is 1. The molecular formula is C24H37NO4. The Morgan fingerprint density at radius 3 is 2.31 bits per heavy atom. The van der Waals surface area contributed by atoms with E-state index in [1.54, 1.807) is 6.92 Å². The van der Waals surface area contributed by atoms with Gasteiger partial charge in [0.05, 0.1) is 6.10 Å². The predicted octanol–water partition coefficient (Wildman–Crippen LogP) is 4.42. The lowest BCUT2D eigenvalue weighted by molar-refractivity contribution is -0.134. The van der Waals surface area contributed by atoms with Crippen LogP contribution in [0.2, 0.25) is 0 Å². The third kappa shape index (κ3) is 3.90. The minimum Gasteiger partial charge on any atom is -0.481 e. The molecule has 0 saturated heterocycles. The van der Waals surface area contributed by atoms with Gasteiger partial charge in [-0.3, -0.25) is 9.59 Å². The van der Waals surface area contributed by atoms with Crippen LogP contribution in [0, 0.1) is 28.6 Å². The van der Waals surface area contributed by atoms with Crippen LogP contribution in [0.4, 0.5) is 0 Å². The number of fused-ring (bicyclic) bond motifs is 5. The first-order valence-electron chi connectivity index (χ1n) is 11.0. The topological polar surface area (TPSA) is 86.6 Å². The fourth-order valence-corrected chi connectivity index (χ4v) is 6.99. The lowest BCUT2D eigenvalue weighted by Crippen LogP contribution is -2.51. The van der Waals surface area contributed by atoms with Gasteiger partial charge in [-0.2, -0.15) is 0 Å². The number of rotatable bonds is 1. The molecule has 1 amide bonds. The first kappa shape index (κ1) is 22.1. The minimum atomic E-state index is -0.833. The molecule has 0 spiro atoms. The number of nitrogens with one attached hydrogen (secondary N) is 1. The van der Waals surface area contributed by atoms with Gasteiger partial charge in [-0.05, 0) is 75.0 Å². The lowest BCUT2D eigenvalue weighted by atomic mass is 9.48. The molecule has 0 aromatic carbocycles. The number of hydrogen-bond donors (Lipinski definition) is 3. The largest absolute Gasteiger partial charge is 0.481 e. The molecule has 5 nitrogen and oxygen atoms in total. The Bertz CT molecular complexity index is 750. The molecule has 4 aliphatic carbocycles. The highest BCUT2D eigenvalue weighted by Gasteiger charge is 2.57. The number of carbonyl (C=O) groups excluding carboxylic acids is 1. The average molecular weight is 404 g/mol. The van der Waals surface area contributed by atoms with E-state index < -0.39 is 5.97 Å².